The molecule has 0 atom stereocenters. The summed E-state index contributed by atoms with van der Waals surface area (Å²) in [6, 6.07) is 3.28. The molecule has 15 heavy (non-hydrogen) atoms. The van der Waals surface area contributed by atoms with Crippen LogP contribution in [-0.4, -0.2) is 21.6 Å². The lowest BCUT2D eigenvalue weighted by Gasteiger charge is -2.07. The largest absolute Gasteiger partial charge is 0.357 e. The first-order chi connectivity index (χ1) is 7.13. The molecule has 0 aromatic carbocycles. The number of aromatic nitrogens is 3. The molecule has 0 aliphatic rings. The summed E-state index contributed by atoms with van der Waals surface area (Å²) in [5, 5.41) is 3.77. The molecule has 78 valence electrons. The molecule has 1 N–H and O–H groups in total. The summed E-state index contributed by atoms with van der Waals surface area (Å²) >= 11 is 0. The number of hydrogen-bond donors (Lipinski definition) is 1. The lowest BCUT2D eigenvalue weighted by atomic mass is 10.2. The molecule has 2 heterocycles. The van der Waals surface area contributed by atoms with Crippen molar-refractivity contribution in [2.45, 2.75) is 6.92 Å². The van der Waals surface area contributed by atoms with Gasteiger partial charge >= 0.3 is 0 Å². The molecule has 0 spiro atoms. The molecule has 2 aromatic heterocycles. The highest BCUT2D eigenvalue weighted by Gasteiger charge is 2.06. The number of anilines is 1. The third kappa shape index (κ3) is 1.45. The second-order valence-electron chi connectivity index (χ2n) is 3.35. The van der Waals surface area contributed by atoms with Crippen LogP contribution in [0, 0.1) is 6.92 Å². The standard InChI is InChI=1S/C10H12N4O/c1-6-7-4-5-8(15)14(3)9(7)13-10(11-2)12-6/h4-5H,1-3H3,(H,11,12,13). The highest BCUT2D eigenvalue weighted by Crippen LogP contribution is 2.14. The van der Waals surface area contributed by atoms with E-state index in [1.807, 2.05) is 6.92 Å². The van der Waals surface area contributed by atoms with Gasteiger partial charge in [0.15, 0.2) is 0 Å². The maximum absolute atomic E-state index is 11.4. The number of aryl methyl sites for hydroxylation is 2. The minimum Gasteiger partial charge on any atom is -0.357 e. The van der Waals surface area contributed by atoms with Crippen molar-refractivity contribution in [3.8, 4) is 0 Å². The molecule has 0 aliphatic carbocycles. The minimum absolute atomic E-state index is 0.0670. The van der Waals surface area contributed by atoms with Gasteiger partial charge in [0, 0.05) is 25.5 Å². The van der Waals surface area contributed by atoms with Crippen LogP contribution in [0.3, 0.4) is 0 Å². The Morgan fingerprint density at radius 3 is 2.73 bits per heavy atom. The van der Waals surface area contributed by atoms with Crippen molar-refractivity contribution in [1.82, 2.24) is 14.5 Å². The van der Waals surface area contributed by atoms with E-state index in [9.17, 15) is 4.79 Å². The summed E-state index contributed by atoms with van der Waals surface area (Å²) in [6.07, 6.45) is 0. The van der Waals surface area contributed by atoms with Gasteiger partial charge in [-0.25, -0.2) is 4.98 Å². The topological polar surface area (TPSA) is 59.8 Å². The van der Waals surface area contributed by atoms with Crippen LogP contribution in [-0.2, 0) is 7.05 Å². The number of rotatable bonds is 1. The van der Waals surface area contributed by atoms with Gasteiger partial charge in [-0.3, -0.25) is 9.36 Å². The Kier molecular flexibility index (Phi) is 2.15. The molecule has 0 saturated carbocycles. The molecule has 0 radical (unpaired) electrons. The zero-order chi connectivity index (χ0) is 11.0. The fourth-order valence-electron chi connectivity index (χ4n) is 1.50. The Labute approximate surface area is 86.8 Å². The van der Waals surface area contributed by atoms with E-state index < -0.39 is 0 Å². The molecule has 0 aliphatic heterocycles. The number of nitrogens with one attached hydrogen (secondary N) is 1. The smallest absolute Gasteiger partial charge is 0.251 e. The van der Waals surface area contributed by atoms with E-state index in [0.717, 1.165) is 11.1 Å². The highest BCUT2D eigenvalue weighted by atomic mass is 16.1. The van der Waals surface area contributed by atoms with Crippen LogP contribution < -0.4 is 10.9 Å². The van der Waals surface area contributed by atoms with E-state index >= 15 is 0 Å². The maximum Gasteiger partial charge on any atom is 0.251 e. The SMILES string of the molecule is CNc1nc(C)c2ccc(=O)n(C)c2n1. The molecular formula is C10H12N4O. The van der Waals surface area contributed by atoms with Crippen LogP contribution in [0.5, 0.6) is 0 Å². The van der Waals surface area contributed by atoms with Crippen molar-refractivity contribution >= 4 is 17.0 Å². The number of fused-ring (bicyclic) bond motifs is 1. The summed E-state index contributed by atoms with van der Waals surface area (Å²) in [6.45, 7) is 1.90. The van der Waals surface area contributed by atoms with Gasteiger partial charge in [0.25, 0.3) is 5.56 Å². The van der Waals surface area contributed by atoms with E-state index in [-0.39, 0.29) is 5.56 Å². The number of pyridine rings is 1. The monoisotopic (exact) mass is 204 g/mol. The second-order valence-corrected chi connectivity index (χ2v) is 3.35. The summed E-state index contributed by atoms with van der Waals surface area (Å²) < 4.78 is 1.52. The van der Waals surface area contributed by atoms with E-state index in [2.05, 4.69) is 15.3 Å². The van der Waals surface area contributed by atoms with Gasteiger partial charge in [0.05, 0.1) is 5.69 Å². The Hall–Kier alpha value is -1.91. The normalized spacial score (nSPS) is 10.6. The van der Waals surface area contributed by atoms with E-state index in [1.54, 1.807) is 20.2 Å². The van der Waals surface area contributed by atoms with Crippen molar-refractivity contribution in [2.75, 3.05) is 12.4 Å². The zero-order valence-corrected chi connectivity index (χ0v) is 8.90. The van der Waals surface area contributed by atoms with Gasteiger partial charge in [0.1, 0.15) is 5.65 Å². The van der Waals surface area contributed by atoms with Crippen molar-refractivity contribution < 1.29 is 0 Å². The van der Waals surface area contributed by atoms with Crippen molar-refractivity contribution in [2.24, 2.45) is 7.05 Å². The Bertz CT molecular complexity index is 573. The van der Waals surface area contributed by atoms with Crippen LogP contribution in [0.4, 0.5) is 5.95 Å². The third-order valence-electron chi connectivity index (χ3n) is 2.38. The average Bonchev–Trinajstić information content (AvgIpc) is 2.23. The molecule has 2 rings (SSSR count). The number of nitrogens with zero attached hydrogens (tertiary/aromatic N) is 3. The predicted molar refractivity (Wildman–Crippen MR) is 59.1 cm³/mol. The van der Waals surface area contributed by atoms with Gasteiger partial charge in [-0.2, -0.15) is 4.98 Å². The first kappa shape index (κ1) is 9.64. The summed E-state index contributed by atoms with van der Waals surface area (Å²) in [7, 11) is 3.46. The zero-order valence-electron chi connectivity index (χ0n) is 8.90. The maximum atomic E-state index is 11.4. The molecule has 0 bridgehead atoms. The molecular weight excluding hydrogens is 192 g/mol. The Balaban J connectivity index is 2.92. The molecule has 0 fully saturated rings. The molecule has 0 amide bonds. The van der Waals surface area contributed by atoms with Gasteiger partial charge < -0.3 is 5.32 Å². The molecule has 0 saturated heterocycles. The molecule has 5 heteroatoms. The van der Waals surface area contributed by atoms with Gasteiger partial charge in [-0.1, -0.05) is 0 Å². The van der Waals surface area contributed by atoms with Gasteiger partial charge in [0.2, 0.25) is 5.95 Å². The van der Waals surface area contributed by atoms with Crippen LogP contribution in [0.1, 0.15) is 5.69 Å². The molecule has 2 aromatic rings. The minimum atomic E-state index is -0.0670. The second kappa shape index (κ2) is 3.34. The van der Waals surface area contributed by atoms with E-state index in [0.29, 0.717) is 11.6 Å². The van der Waals surface area contributed by atoms with Gasteiger partial charge in [-0.15, -0.1) is 0 Å². The Morgan fingerprint density at radius 2 is 2.07 bits per heavy atom. The average molecular weight is 204 g/mol. The first-order valence-electron chi connectivity index (χ1n) is 4.65. The predicted octanol–water partition coefficient (Wildman–Crippen LogP) is 0.679. The van der Waals surface area contributed by atoms with E-state index in [4.69, 9.17) is 0 Å². The van der Waals surface area contributed by atoms with Crippen molar-refractivity contribution in [3.63, 3.8) is 0 Å². The fraction of sp³-hybridized carbons (Fsp3) is 0.300. The lowest BCUT2D eigenvalue weighted by molar-refractivity contribution is 0.882. The van der Waals surface area contributed by atoms with Gasteiger partial charge in [-0.05, 0) is 13.0 Å². The fourth-order valence-corrected chi connectivity index (χ4v) is 1.50. The van der Waals surface area contributed by atoms with Crippen molar-refractivity contribution in [3.05, 3.63) is 28.2 Å². The van der Waals surface area contributed by atoms with Crippen LogP contribution in [0.15, 0.2) is 16.9 Å². The Morgan fingerprint density at radius 1 is 1.33 bits per heavy atom. The summed E-state index contributed by atoms with van der Waals surface area (Å²) in [5.74, 6) is 0.529. The number of hydrogen-bond acceptors (Lipinski definition) is 4. The third-order valence-corrected chi connectivity index (χ3v) is 2.38. The highest BCUT2D eigenvalue weighted by molar-refractivity contribution is 5.78. The van der Waals surface area contributed by atoms with E-state index in [1.165, 1.54) is 10.6 Å². The van der Waals surface area contributed by atoms with Crippen molar-refractivity contribution in [1.29, 1.82) is 0 Å². The van der Waals surface area contributed by atoms with Crippen LogP contribution in [0.2, 0.25) is 0 Å². The summed E-state index contributed by atoms with van der Waals surface area (Å²) in [5.41, 5.74) is 1.45. The molecule has 5 nitrogen and oxygen atoms in total. The molecule has 0 unspecified atom stereocenters. The summed E-state index contributed by atoms with van der Waals surface area (Å²) in [4.78, 5) is 19.9. The van der Waals surface area contributed by atoms with Crippen LogP contribution in [0.25, 0.3) is 11.0 Å². The first-order valence-corrected chi connectivity index (χ1v) is 4.65. The quantitative estimate of drug-likeness (QED) is 0.742. The lowest BCUT2D eigenvalue weighted by Crippen LogP contribution is -2.17. The van der Waals surface area contributed by atoms with Crippen LogP contribution >= 0.6 is 0 Å².